The highest BCUT2D eigenvalue weighted by molar-refractivity contribution is 7.91. The summed E-state index contributed by atoms with van der Waals surface area (Å²) in [4.78, 5) is 11.8. The lowest BCUT2D eigenvalue weighted by atomic mass is 10.1. The number of anilines is 1. The molecule has 7 heteroatoms. The summed E-state index contributed by atoms with van der Waals surface area (Å²) in [5.74, 6) is -0.0961. The maximum absolute atomic E-state index is 11.8. The Morgan fingerprint density at radius 3 is 2.74 bits per heavy atom. The number of carbonyl (C=O) groups is 1. The monoisotopic (exact) mass is 321 g/mol. The molecule has 19 heavy (non-hydrogen) atoms. The summed E-state index contributed by atoms with van der Waals surface area (Å²) in [6, 6.07) is 4.96. The van der Waals surface area contributed by atoms with Gasteiger partial charge in [-0.1, -0.05) is 29.3 Å². The van der Waals surface area contributed by atoms with E-state index < -0.39 is 9.84 Å². The third-order valence-electron chi connectivity index (χ3n) is 3.03. The Morgan fingerprint density at radius 1 is 1.37 bits per heavy atom. The minimum Gasteiger partial charge on any atom is -0.325 e. The molecule has 1 heterocycles. The van der Waals surface area contributed by atoms with Gasteiger partial charge in [-0.05, 0) is 24.5 Å². The number of hydrogen-bond acceptors (Lipinski definition) is 3. The van der Waals surface area contributed by atoms with Gasteiger partial charge in [0.05, 0.1) is 27.2 Å². The van der Waals surface area contributed by atoms with Crippen LogP contribution in [0.25, 0.3) is 0 Å². The molecule has 1 fully saturated rings. The zero-order valence-corrected chi connectivity index (χ0v) is 12.4. The van der Waals surface area contributed by atoms with Gasteiger partial charge in [0, 0.05) is 6.42 Å². The Labute approximate surface area is 122 Å². The molecular formula is C12H13Cl2NO3S. The van der Waals surface area contributed by atoms with Crippen LogP contribution in [0.1, 0.15) is 12.8 Å². The van der Waals surface area contributed by atoms with E-state index in [1.54, 1.807) is 18.2 Å². The van der Waals surface area contributed by atoms with Gasteiger partial charge in [0.15, 0.2) is 9.84 Å². The molecule has 0 spiro atoms. The predicted molar refractivity (Wildman–Crippen MR) is 76.5 cm³/mol. The normalized spacial score (nSPS) is 21.3. The lowest BCUT2D eigenvalue weighted by Gasteiger charge is -2.10. The second kappa shape index (κ2) is 5.69. The van der Waals surface area contributed by atoms with Crippen LogP contribution in [0.3, 0.4) is 0 Å². The molecule has 4 nitrogen and oxygen atoms in total. The van der Waals surface area contributed by atoms with Crippen molar-refractivity contribution >= 4 is 44.6 Å². The lowest BCUT2D eigenvalue weighted by molar-refractivity contribution is -0.116. The van der Waals surface area contributed by atoms with Crippen molar-refractivity contribution in [3.05, 3.63) is 28.2 Å². The molecule has 104 valence electrons. The van der Waals surface area contributed by atoms with Crippen molar-refractivity contribution in [3.8, 4) is 0 Å². The standard InChI is InChI=1S/C12H13Cl2NO3S/c13-9-2-1-3-10(12(9)14)15-11(16)6-8-4-5-19(17,18)7-8/h1-3,8H,4-7H2,(H,15,16)/t8-/m1/s1. The van der Waals surface area contributed by atoms with Crippen molar-refractivity contribution in [2.45, 2.75) is 12.8 Å². The van der Waals surface area contributed by atoms with E-state index >= 15 is 0 Å². The number of amides is 1. The molecule has 1 amide bonds. The number of hydrogen-bond donors (Lipinski definition) is 1. The van der Waals surface area contributed by atoms with E-state index in [-0.39, 0.29) is 34.8 Å². The summed E-state index contributed by atoms with van der Waals surface area (Å²) < 4.78 is 22.6. The van der Waals surface area contributed by atoms with E-state index in [2.05, 4.69) is 5.32 Å². The third-order valence-corrected chi connectivity index (χ3v) is 5.68. The van der Waals surface area contributed by atoms with Gasteiger partial charge in [-0.2, -0.15) is 0 Å². The van der Waals surface area contributed by atoms with Crippen molar-refractivity contribution in [1.82, 2.24) is 0 Å². The molecule has 1 saturated heterocycles. The third kappa shape index (κ3) is 3.84. The van der Waals surface area contributed by atoms with Crippen molar-refractivity contribution in [3.63, 3.8) is 0 Å². The molecule has 0 unspecified atom stereocenters. The van der Waals surface area contributed by atoms with Crippen LogP contribution in [0.4, 0.5) is 5.69 Å². The van der Waals surface area contributed by atoms with Gasteiger partial charge in [-0.3, -0.25) is 4.79 Å². The second-order valence-electron chi connectivity index (χ2n) is 4.62. The molecule has 0 bridgehead atoms. The van der Waals surface area contributed by atoms with Gasteiger partial charge in [0.1, 0.15) is 0 Å². The van der Waals surface area contributed by atoms with Crippen molar-refractivity contribution in [2.75, 3.05) is 16.8 Å². The summed E-state index contributed by atoms with van der Waals surface area (Å²) in [6.45, 7) is 0. The Hall–Kier alpha value is -0.780. The van der Waals surface area contributed by atoms with Gasteiger partial charge < -0.3 is 5.32 Å². The van der Waals surface area contributed by atoms with Crippen molar-refractivity contribution in [2.24, 2.45) is 5.92 Å². The van der Waals surface area contributed by atoms with Gasteiger partial charge in [-0.25, -0.2) is 8.42 Å². The van der Waals surface area contributed by atoms with Crippen LogP contribution in [-0.4, -0.2) is 25.8 Å². The second-order valence-corrected chi connectivity index (χ2v) is 7.64. The quantitative estimate of drug-likeness (QED) is 0.931. The van der Waals surface area contributed by atoms with Crippen LogP contribution < -0.4 is 5.32 Å². The van der Waals surface area contributed by atoms with E-state index in [9.17, 15) is 13.2 Å². The zero-order valence-electron chi connectivity index (χ0n) is 10.0. The molecule has 1 aliphatic heterocycles. The summed E-state index contributed by atoms with van der Waals surface area (Å²) >= 11 is 11.8. The minimum atomic E-state index is -2.96. The van der Waals surface area contributed by atoms with E-state index in [1.165, 1.54) is 0 Å². The molecule has 1 aromatic carbocycles. The van der Waals surface area contributed by atoms with E-state index in [1.807, 2.05) is 0 Å². The first-order chi connectivity index (χ1) is 8.87. The number of rotatable bonds is 3. The maximum atomic E-state index is 11.8. The Bertz CT molecular complexity index is 601. The SMILES string of the molecule is O=C(C[C@H]1CCS(=O)(=O)C1)Nc1cccc(Cl)c1Cl. The average Bonchev–Trinajstić information content (AvgIpc) is 2.64. The fourth-order valence-corrected chi connectivity index (χ4v) is 4.31. The fraction of sp³-hybridized carbons (Fsp3) is 0.417. The van der Waals surface area contributed by atoms with Gasteiger partial charge in [-0.15, -0.1) is 0 Å². The summed E-state index contributed by atoms with van der Waals surface area (Å²) in [5.41, 5.74) is 0.444. The molecule has 2 rings (SSSR count). The summed E-state index contributed by atoms with van der Waals surface area (Å²) in [6.07, 6.45) is 0.723. The molecule has 1 aromatic rings. The molecule has 1 N–H and O–H groups in total. The van der Waals surface area contributed by atoms with E-state index in [0.29, 0.717) is 17.1 Å². The molecular weight excluding hydrogens is 309 g/mol. The van der Waals surface area contributed by atoms with Gasteiger partial charge >= 0.3 is 0 Å². The summed E-state index contributed by atoms with van der Waals surface area (Å²) in [5, 5.41) is 3.31. The topological polar surface area (TPSA) is 63.2 Å². The average molecular weight is 322 g/mol. The number of halogens is 2. The Morgan fingerprint density at radius 2 is 2.11 bits per heavy atom. The first kappa shape index (κ1) is 14.6. The molecule has 0 radical (unpaired) electrons. The van der Waals surface area contributed by atoms with Crippen LogP contribution in [0.5, 0.6) is 0 Å². The number of sulfone groups is 1. The minimum absolute atomic E-state index is 0.0870. The molecule has 1 atom stereocenters. The Balaban J connectivity index is 1.97. The summed E-state index contributed by atoms with van der Waals surface area (Å²) in [7, 11) is -2.96. The maximum Gasteiger partial charge on any atom is 0.224 e. The smallest absolute Gasteiger partial charge is 0.224 e. The molecule has 1 aliphatic rings. The van der Waals surface area contributed by atoms with Crippen molar-refractivity contribution in [1.29, 1.82) is 0 Å². The van der Waals surface area contributed by atoms with Crippen molar-refractivity contribution < 1.29 is 13.2 Å². The molecule has 0 aromatic heterocycles. The number of nitrogens with one attached hydrogen (secondary N) is 1. The van der Waals surface area contributed by atoms with Crippen LogP contribution in [0.2, 0.25) is 10.0 Å². The lowest BCUT2D eigenvalue weighted by Crippen LogP contribution is -2.17. The van der Waals surface area contributed by atoms with Crippen LogP contribution >= 0.6 is 23.2 Å². The Kier molecular flexibility index (Phi) is 4.38. The highest BCUT2D eigenvalue weighted by atomic mass is 35.5. The van der Waals surface area contributed by atoms with Gasteiger partial charge in [0.25, 0.3) is 0 Å². The zero-order chi connectivity index (χ0) is 14.0. The molecule has 0 aliphatic carbocycles. The largest absolute Gasteiger partial charge is 0.325 e. The fourth-order valence-electron chi connectivity index (χ4n) is 2.10. The van der Waals surface area contributed by atoms with Crippen LogP contribution in [-0.2, 0) is 14.6 Å². The van der Waals surface area contributed by atoms with Crippen LogP contribution in [0, 0.1) is 5.92 Å². The highest BCUT2D eigenvalue weighted by Crippen LogP contribution is 2.30. The number of carbonyl (C=O) groups excluding carboxylic acids is 1. The highest BCUT2D eigenvalue weighted by Gasteiger charge is 2.29. The predicted octanol–water partition coefficient (Wildman–Crippen LogP) is 2.76. The van der Waals surface area contributed by atoms with E-state index in [4.69, 9.17) is 23.2 Å². The molecule has 0 saturated carbocycles. The van der Waals surface area contributed by atoms with E-state index in [0.717, 1.165) is 0 Å². The number of benzene rings is 1. The van der Waals surface area contributed by atoms with Gasteiger partial charge in [0.2, 0.25) is 5.91 Å². The first-order valence-corrected chi connectivity index (χ1v) is 8.39. The first-order valence-electron chi connectivity index (χ1n) is 5.82. The van der Waals surface area contributed by atoms with Crippen LogP contribution in [0.15, 0.2) is 18.2 Å².